The Balaban J connectivity index is 1.89. The minimum atomic E-state index is -1.76. The molecule has 0 radical (unpaired) electrons. The van der Waals surface area contributed by atoms with E-state index >= 15 is 0 Å². The number of amides is 6. The molecule has 8 atom stereocenters. The van der Waals surface area contributed by atoms with Gasteiger partial charge in [0.15, 0.2) is 5.96 Å². The number of hydrogen-bond donors (Lipinski definition) is 14. The van der Waals surface area contributed by atoms with Crippen molar-refractivity contribution in [1.29, 1.82) is 0 Å². The molecule has 0 aliphatic heterocycles. The number of nitro benzene ring substituents is 2. The van der Waals surface area contributed by atoms with E-state index in [1.165, 1.54) is 18.7 Å². The molecule has 2 aromatic carbocycles. The number of nitrogens with zero attached hydrogens (tertiary/aromatic N) is 3. The van der Waals surface area contributed by atoms with E-state index in [0.29, 0.717) is 22.2 Å². The van der Waals surface area contributed by atoms with E-state index in [9.17, 15) is 64.0 Å². The first-order valence-corrected chi connectivity index (χ1v) is 25.3. The van der Waals surface area contributed by atoms with Crippen molar-refractivity contribution in [3.8, 4) is 0 Å². The number of guanidine groups is 1. The monoisotopic (exact) mass is 1070 g/mol. The summed E-state index contributed by atoms with van der Waals surface area (Å²) in [5.74, 6) is -6.58. The van der Waals surface area contributed by atoms with Gasteiger partial charge < -0.3 is 75.3 Å². The SMILES string of the molecule is CSCC[C@H](NC(=O)C(CCN)NC(=O)[C@@H](NC(=O)[C@H](Cc1c[nH]c2ccccc12)NC(=O)[C@H](CCCN=C(N)N)NC(=O)C(N)CCNc1ccc([N+](=O)[O-])cc1[N+](=O)[O-])[C@@H](C)O)C(=O)N[C@@H](CC(C)C)C(=O)O. The van der Waals surface area contributed by atoms with Crippen LogP contribution in [0.1, 0.15) is 64.9 Å². The van der Waals surface area contributed by atoms with Crippen molar-refractivity contribution in [2.24, 2.45) is 33.8 Å². The van der Waals surface area contributed by atoms with Crippen LogP contribution < -0.4 is 60.2 Å². The first kappa shape index (κ1) is 61.7. The van der Waals surface area contributed by atoms with Crippen LogP contribution >= 0.6 is 11.8 Å². The average molecular weight is 1070 g/mol. The van der Waals surface area contributed by atoms with Crippen LogP contribution in [0.2, 0.25) is 0 Å². The molecule has 29 heteroatoms. The number of carbonyl (C=O) groups excluding carboxylic acids is 6. The Morgan fingerprint density at radius 2 is 1.35 bits per heavy atom. The standard InChI is InChI=1S/C46H69N15O13S/c1-24(2)20-36(45(69)70)58-42(66)34(15-19-75-4)55-41(65)33(13-16-47)56-44(68)38(25(3)62)59-43(67)35(21-26-23-53-30-9-6-5-8-28(26)30)57-40(64)32(10-7-17-52-46(49)50)54-39(63)29(48)14-18-51-31-12-11-27(60(71)72)22-37(31)61(73)74/h5-6,8-9,11-12,22-25,29,32-36,38,51,53,62H,7,10,13-21,47-48H2,1-4H3,(H,54,63)(H,55,65)(H,56,68)(H,57,64)(H,58,66)(H,59,67)(H,69,70)(H4,49,50,52)/t25-,29?,32+,33?,34+,35+,36+,38+/m1/s1. The molecule has 2 unspecified atom stereocenters. The fourth-order valence-electron chi connectivity index (χ4n) is 7.58. The second kappa shape index (κ2) is 30.5. The lowest BCUT2D eigenvalue weighted by Gasteiger charge is -2.28. The number of carboxylic acid groups (broad SMARTS) is 1. The number of carbonyl (C=O) groups is 7. The van der Waals surface area contributed by atoms with E-state index in [0.717, 1.165) is 18.2 Å². The highest BCUT2D eigenvalue weighted by atomic mass is 32.2. The molecule has 0 saturated heterocycles. The second-order valence-corrected chi connectivity index (χ2v) is 18.9. The molecule has 6 amide bonds. The maximum absolute atomic E-state index is 14.4. The summed E-state index contributed by atoms with van der Waals surface area (Å²) in [7, 11) is 0. The van der Waals surface area contributed by atoms with Crippen LogP contribution in [-0.2, 0) is 40.0 Å². The van der Waals surface area contributed by atoms with Crippen molar-refractivity contribution in [1.82, 2.24) is 36.9 Å². The largest absolute Gasteiger partial charge is 0.480 e. The zero-order valence-corrected chi connectivity index (χ0v) is 42.9. The number of aliphatic imine (C=N–C) groups is 1. The van der Waals surface area contributed by atoms with Gasteiger partial charge in [-0.2, -0.15) is 11.8 Å². The molecule has 0 aliphatic carbocycles. The maximum Gasteiger partial charge on any atom is 0.326 e. The quantitative estimate of drug-likeness (QED) is 0.0114. The number of nitrogens with two attached hydrogens (primary N) is 4. The molecule has 0 bridgehead atoms. The molecule has 18 N–H and O–H groups in total. The second-order valence-electron chi connectivity index (χ2n) is 17.9. The summed E-state index contributed by atoms with van der Waals surface area (Å²) >= 11 is 1.37. The van der Waals surface area contributed by atoms with Gasteiger partial charge in [-0.05, 0) is 87.6 Å². The van der Waals surface area contributed by atoms with Gasteiger partial charge in [-0.15, -0.1) is 0 Å². The predicted molar refractivity (Wildman–Crippen MR) is 280 cm³/mol. The van der Waals surface area contributed by atoms with Gasteiger partial charge in [-0.25, -0.2) is 4.79 Å². The van der Waals surface area contributed by atoms with Crippen LogP contribution in [0.4, 0.5) is 17.1 Å². The van der Waals surface area contributed by atoms with Gasteiger partial charge in [0.2, 0.25) is 35.4 Å². The Hall–Kier alpha value is -7.63. The summed E-state index contributed by atoms with van der Waals surface area (Å²) in [6.07, 6.45) is 1.49. The van der Waals surface area contributed by atoms with E-state index in [1.54, 1.807) is 50.6 Å². The number of anilines is 1. The van der Waals surface area contributed by atoms with Gasteiger partial charge in [0.05, 0.1) is 28.1 Å². The molecule has 1 heterocycles. The summed E-state index contributed by atoms with van der Waals surface area (Å²) in [6.45, 7) is 4.53. The number of aromatic nitrogens is 1. The number of fused-ring (bicyclic) bond motifs is 1. The first-order chi connectivity index (χ1) is 35.5. The molecular weight excluding hydrogens is 1000 g/mol. The third-order valence-corrected chi connectivity index (χ3v) is 12.2. The summed E-state index contributed by atoms with van der Waals surface area (Å²) in [5, 5.41) is 62.1. The lowest BCUT2D eigenvalue weighted by Crippen LogP contribution is -2.62. The highest BCUT2D eigenvalue weighted by Crippen LogP contribution is 2.29. The molecule has 0 spiro atoms. The number of carboxylic acids is 1. The minimum Gasteiger partial charge on any atom is -0.480 e. The molecule has 28 nitrogen and oxygen atoms in total. The molecule has 75 heavy (non-hydrogen) atoms. The van der Waals surface area contributed by atoms with E-state index in [4.69, 9.17) is 22.9 Å². The third-order valence-electron chi connectivity index (χ3n) is 11.5. The van der Waals surface area contributed by atoms with Crippen molar-refractivity contribution >= 4 is 87.1 Å². The van der Waals surface area contributed by atoms with Crippen molar-refractivity contribution in [3.05, 3.63) is 74.5 Å². The van der Waals surface area contributed by atoms with Crippen LogP contribution in [0.5, 0.6) is 0 Å². The number of para-hydroxylation sites is 1. The van der Waals surface area contributed by atoms with Crippen LogP contribution in [0.15, 0.2) is 53.7 Å². The topological polar surface area (TPSA) is 463 Å². The summed E-state index contributed by atoms with van der Waals surface area (Å²) < 4.78 is 0. The Morgan fingerprint density at radius 1 is 0.760 bits per heavy atom. The number of non-ortho nitro benzene ring substituents is 1. The maximum atomic E-state index is 14.4. The number of benzene rings is 2. The zero-order chi connectivity index (χ0) is 55.9. The Bertz CT molecular complexity index is 2500. The third kappa shape index (κ3) is 20.0. The number of aliphatic carboxylic acids is 1. The predicted octanol–water partition coefficient (Wildman–Crippen LogP) is -1.07. The average Bonchev–Trinajstić information content (AvgIpc) is 3.76. The molecule has 0 saturated carbocycles. The molecule has 0 fully saturated rings. The van der Waals surface area contributed by atoms with E-state index in [1.807, 2.05) is 0 Å². The minimum absolute atomic E-state index is 0.0225. The van der Waals surface area contributed by atoms with Gasteiger partial charge in [0.1, 0.15) is 41.9 Å². The smallest absolute Gasteiger partial charge is 0.326 e. The number of H-pyrrole nitrogens is 1. The van der Waals surface area contributed by atoms with Crippen LogP contribution in [0.3, 0.4) is 0 Å². The fraction of sp³-hybridized carbons (Fsp3) is 0.522. The van der Waals surface area contributed by atoms with Gasteiger partial charge in [-0.3, -0.25) is 54.0 Å². The number of nitro groups is 2. The lowest BCUT2D eigenvalue weighted by molar-refractivity contribution is -0.393. The number of rotatable bonds is 33. The van der Waals surface area contributed by atoms with Crippen molar-refractivity contribution in [3.63, 3.8) is 0 Å². The highest BCUT2D eigenvalue weighted by molar-refractivity contribution is 7.98. The van der Waals surface area contributed by atoms with Crippen molar-refractivity contribution < 1.29 is 53.6 Å². The van der Waals surface area contributed by atoms with Gasteiger partial charge in [-0.1, -0.05) is 32.0 Å². The van der Waals surface area contributed by atoms with E-state index in [2.05, 4.69) is 47.2 Å². The number of aliphatic hydroxyl groups excluding tert-OH is 1. The number of aromatic amines is 1. The van der Waals surface area contributed by atoms with Gasteiger partial charge in [0, 0.05) is 42.7 Å². The number of thioether (sulfide) groups is 1. The van der Waals surface area contributed by atoms with E-state index < -0.39 is 111 Å². The Kier molecular flexibility index (Phi) is 25.1. The van der Waals surface area contributed by atoms with Crippen molar-refractivity contribution in [2.45, 2.75) is 114 Å². The molecular formula is C46H69N15O13S. The van der Waals surface area contributed by atoms with Crippen LogP contribution in [-0.4, -0.2) is 152 Å². The summed E-state index contributed by atoms with van der Waals surface area (Å²) in [5.41, 5.74) is 23.0. The van der Waals surface area contributed by atoms with Crippen molar-refractivity contribution in [2.75, 3.05) is 37.0 Å². The first-order valence-electron chi connectivity index (χ1n) is 23.9. The lowest BCUT2D eigenvalue weighted by atomic mass is 10.0. The molecule has 3 rings (SSSR count). The van der Waals surface area contributed by atoms with Gasteiger partial charge >= 0.3 is 5.97 Å². The van der Waals surface area contributed by atoms with Gasteiger partial charge in [0.25, 0.3) is 11.4 Å². The number of aliphatic hydroxyl groups is 1. The van der Waals surface area contributed by atoms with E-state index in [-0.39, 0.29) is 82.1 Å². The number of hydrogen-bond acceptors (Lipinski definition) is 17. The normalized spacial score (nSPS) is 14.3. The summed E-state index contributed by atoms with van der Waals surface area (Å²) in [4.78, 5) is 124. The zero-order valence-electron chi connectivity index (χ0n) is 42.0. The number of nitrogens with one attached hydrogen (secondary N) is 8. The molecule has 412 valence electrons. The molecule has 3 aromatic rings. The summed E-state index contributed by atoms with van der Waals surface area (Å²) in [6, 6.07) is 0.191. The van der Waals surface area contributed by atoms with Crippen LogP contribution in [0.25, 0.3) is 10.9 Å². The Labute approximate surface area is 435 Å². The van der Waals surface area contributed by atoms with Crippen LogP contribution in [0, 0.1) is 26.1 Å². The Morgan fingerprint density at radius 3 is 1.93 bits per heavy atom. The fourth-order valence-corrected chi connectivity index (χ4v) is 8.05. The molecule has 1 aromatic heterocycles. The highest BCUT2D eigenvalue weighted by Gasteiger charge is 2.36. The molecule has 0 aliphatic rings.